The maximum absolute atomic E-state index is 13.2. The van der Waals surface area contributed by atoms with Crippen molar-refractivity contribution in [3.8, 4) is 11.4 Å². The van der Waals surface area contributed by atoms with Crippen LogP contribution in [0.1, 0.15) is 39.5 Å². The highest BCUT2D eigenvalue weighted by Crippen LogP contribution is 2.36. The van der Waals surface area contributed by atoms with E-state index in [2.05, 4.69) is 9.55 Å². The first-order valence-corrected chi connectivity index (χ1v) is 11.1. The second-order valence-electron chi connectivity index (χ2n) is 8.08. The number of hydrogen-bond acceptors (Lipinski definition) is 5. The van der Waals surface area contributed by atoms with Gasteiger partial charge in [0.05, 0.1) is 17.2 Å². The molecule has 3 aromatic rings. The molecule has 154 valence electrons. The monoisotopic (exact) mass is 421 g/mol. The lowest BCUT2D eigenvalue weighted by Crippen LogP contribution is -2.42. The smallest absolute Gasteiger partial charge is 0.273 e. The van der Waals surface area contributed by atoms with E-state index in [1.807, 2.05) is 40.6 Å². The Kier molecular flexibility index (Phi) is 4.66. The quantitative estimate of drug-likeness (QED) is 0.652. The highest BCUT2D eigenvalue weighted by atomic mass is 32.1. The van der Waals surface area contributed by atoms with E-state index in [0.29, 0.717) is 24.4 Å². The Morgan fingerprint density at radius 2 is 1.90 bits per heavy atom. The molecule has 2 aliphatic rings. The Morgan fingerprint density at radius 1 is 1.13 bits per heavy atom. The van der Waals surface area contributed by atoms with E-state index in [-0.39, 0.29) is 23.9 Å². The van der Waals surface area contributed by atoms with Crippen LogP contribution in [0.15, 0.2) is 41.2 Å². The molecule has 0 N–H and O–H groups in total. The van der Waals surface area contributed by atoms with E-state index < -0.39 is 0 Å². The number of carbonyl (C=O) groups excluding carboxylic acids is 2. The van der Waals surface area contributed by atoms with Gasteiger partial charge in [0, 0.05) is 44.0 Å². The third kappa shape index (κ3) is 3.02. The van der Waals surface area contributed by atoms with Crippen LogP contribution in [0.2, 0.25) is 0 Å². The van der Waals surface area contributed by atoms with Crippen LogP contribution in [-0.4, -0.2) is 62.3 Å². The fourth-order valence-corrected chi connectivity index (χ4v) is 5.16. The van der Waals surface area contributed by atoms with Crippen LogP contribution in [0.5, 0.6) is 0 Å². The lowest BCUT2D eigenvalue weighted by Gasteiger charge is -2.27. The summed E-state index contributed by atoms with van der Waals surface area (Å²) in [6.45, 7) is 0.639. The molecule has 8 heteroatoms. The fraction of sp³-hybridized carbons (Fsp3) is 0.364. The molecule has 4 heterocycles. The van der Waals surface area contributed by atoms with Crippen LogP contribution in [0, 0.1) is 0 Å². The first kappa shape index (κ1) is 19.0. The first-order chi connectivity index (χ1) is 14.5. The Bertz CT molecular complexity index is 1090. The van der Waals surface area contributed by atoms with Gasteiger partial charge in [-0.1, -0.05) is 30.3 Å². The van der Waals surface area contributed by atoms with Crippen molar-refractivity contribution in [2.75, 3.05) is 14.1 Å². The number of aromatic nitrogens is 3. The zero-order valence-electron chi connectivity index (χ0n) is 17.0. The van der Waals surface area contributed by atoms with E-state index in [1.54, 1.807) is 24.5 Å². The zero-order chi connectivity index (χ0) is 20.8. The molecule has 2 amide bonds. The molecule has 1 saturated heterocycles. The number of thiazole rings is 1. The largest absolute Gasteiger partial charge is 0.343 e. The third-order valence-electron chi connectivity index (χ3n) is 6.04. The Labute approximate surface area is 179 Å². The maximum atomic E-state index is 13.2. The highest BCUT2D eigenvalue weighted by molar-refractivity contribution is 7.07. The molecule has 0 spiro atoms. The van der Waals surface area contributed by atoms with Gasteiger partial charge in [-0.25, -0.2) is 9.97 Å². The van der Waals surface area contributed by atoms with Gasteiger partial charge in [0.1, 0.15) is 17.2 Å². The summed E-state index contributed by atoms with van der Waals surface area (Å²) < 4.78 is 2.16. The topological polar surface area (TPSA) is 71.3 Å². The molecule has 1 fully saturated rings. The van der Waals surface area contributed by atoms with Crippen LogP contribution >= 0.6 is 11.3 Å². The molecular weight excluding hydrogens is 398 g/mol. The molecule has 2 bridgehead atoms. The van der Waals surface area contributed by atoms with Crippen LogP contribution in [0.3, 0.4) is 0 Å². The number of amides is 2. The molecule has 7 nitrogen and oxygen atoms in total. The molecule has 2 aliphatic heterocycles. The summed E-state index contributed by atoms with van der Waals surface area (Å²) in [6.07, 6.45) is 2.51. The zero-order valence-corrected chi connectivity index (χ0v) is 17.8. The van der Waals surface area contributed by atoms with E-state index in [4.69, 9.17) is 4.98 Å². The minimum absolute atomic E-state index is 0.00999. The maximum Gasteiger partial charge on any atom is 0.273 e. The van der Waals surface area contributed by atoms with Crippen LogP contribution < -0.4 is 0 Å². The van der Waals surface area contributed by atoms with Gasteiger partial charge in [0.15, 0.2) is 0 Å². The highest BCUT2D eigenvalue weighted by Gasteiger charge is 2.43. The van der Waals surface area contributed by atoms with Crippen LogP contribution in [0.4, 0.5) is 0 Å². The van der Waals surface area contributed by atoms with E-state index in [9.17, 15) is 9.59 Å². The van der Waals surface area contributed by atoms with Gasteiger partial charge in [-0.2, -0.15) is 0 Å². The van der Waals surface area contributed by atoms with Crippen LogP contribution in [-0.2, 0) is 13.0 Å². The number of imidazole rings is 1. The summed E-state index contributed by atoms with van der Waals surface area (Å²) in [5.74, 6) is 0.685. The number of carbonyl (C=O) groups is 2. The molecular formula is C22H23N5O2S. The number of rotatable bonds is 3. The molecule has 0 saturated carbocycles. The summed E-state index contributed by atoms with van der Waals surface area (Å²) in [7, 11) is 3.49. The first-order valence-electron chi connectivity index (χ1n) is 10.1. The van der Waals surface area contributed by atoms with Crippen molar-refractivity contribution >= 4 is 23.2 Å². The van der Waals surface area contributed by atoms with Gasteiger partial charge in [0.2, 0.25) is 0 Å². The standard InChI is InChI=1S/C22H23N5O2S/c1-25(2)22(29)19-18-10-15-8-9-16(27(15)21(28)17-12-30-13-23-17)11-26(18)20(24-19)14-6-4-3-5-7-14/h3-7,12-13,15-16H,8-11H2,1-2H3/t15-,16+/m0/s1. The van der Waals surface area contributed by atoms with E-state index in [1.165, 1.54) is 11.3 Å². The van der Waals surface area contributed by atoms with Gasteiger partial charge >= 0.3 is 0 Å². The molecule has 30 heavy (non-hydrogen) atoms. The summed E-state index contributed by atoms with van der Waals surface area (Å²) in [4.78, 5) is 38.7. The summed E-state index contributed by atoms with van der Waals surface area (Å²) in [6, 6.07) is 10.1. The number of fused-ring (bicyclic) bond motifs is 3. The van der Waals surface area contributed by atoms with E-state index in [0.717, 1.165) is 29.9 Å². The molecule has 0 aliphatic carbocycles. The normalized spacial score (nSPS) is 20.0. The summed E-state index contributed by atoms with van der Waals surface area (Å²) in [5.41, 5.74) is 4.60. The van der Waals surface area contributed by atoms with Crippen molar-refractivity contribution in [3.63, 3.8) is 0 Å². The third-order valence-corrected chi connectivity index (χ3v) is 6.63. The lowest BCUT2D eigenvalue weighted by molar-refractivity contribution is 0.0661. The predicted molar refractivity (Wildman–Crippen MR) is 114 cm³/mol. The van der Waals surface area contributed by atoms with Crippen molar-refractivity contribution in [2.24, 2.45) is 0 Å². The van der Waals surface area contributed by atoms with Gasteiger partial charge in [-0.05, 0) is 12.8 Å². The Morgan fingerprint density at radius 3 is 2.60 bits per heavy atom. The van der Waals surface area contributed by atoms with Gasteiger partial charge < -0.3 is 14.4 Å². The second-order valence-corrected chi connectivity index (χ2v) is 8.80. The average molecular weight is 422 g/mol. The Hall–Kier alpha value is -3.00. The van der Waals surface area contributed by atoms with Crippen molar-refractivity contribution < 1.29 is 9.59 Å². The van der Waals surface area contributed by atoms with Gasteiger partial charge in [-0.3, -0.25) is 9.59 Å². The minimum Gasteiger partial charge on any atom is -0.343 e. The van der Waals surface area contributed by atoms with Gasteiger partial charge in [0.25, 0.3) is 11.8 Å². The van der Waals surface area contributed by atoms with Crippen molar-refractivity contribution in [1.29, 1.82) is 0 Å². The van der Waals surface area contributed by atoms with Crippen LogP contribution in [0.25, 0.3) is 11.4 Å². The molecule has 0 unspecified atom stereocenters. The summed E-state index contributed by atoms with van der Waals surface area (Å²) >= 11 is 1.43. The number of benzene rings is 1. The summed E-state index contributed by atoms with van der Waals surface area (Å²) in [5, 5.41) is 1.81. The number of hydrogen-bond donors (Lipinski definition) is 0. The van der Waals surface area contributed by atoms with Crippen molar-refractivity contribution in [3.05, 3.63) is 58.3 Å². The average Bonchev–Trinajstić information content (AvgIpc) is 3.45. The Balaban J connectivity index is 1.60. The molecule has 1 aromatic carbocycles. The lowest BCUT2D eigenvalue weighted by atomic mass is 10.0. The molecule has 5 rings (SSSR count). The predicted octanol–water partition coefficient (Wildman–Crippen LogP) is 2.94. The molecule has 2 aromatic heterocycles. The van der Waals surface area contributed by atoms with Crippen molar-refractivity contribution in [2.45, 2.75) is 37.9 Å². The SMILES string of the molecule is CN(C)C(=O)c1nc(-c2ccccc2)n2c1C[C@@H]1CC[C@H](C2)N1C(=O)c1cscn1. The molecule has 0 radical (unpaired) electrons. The van der Waals surface area contributed by atoms with Crippen molar-refractivity contribution in [1.82, 2.24) is 24.3 Å². The molecule has 2 atom stereocenters. The van der Waals surface area contributed by atoms with Gasteiger partial charge in [-0.15, -0.1) is 11.3 Å². The van der Waals surface area contributed by atoms with E-state index >= 15 is 0 Å². The minimum atomic E-state index is -0.101. The second kappa shape index (κ2) is 7.36. The fourth-order valence-electron chi connectivity index (χ4n) is 4.64. The number of nitrogens with zero attached hydrogens (tertiary/aromatic N) is 5.